The molecule has 3 N–H and O–H groups in total. The summed E-state index contributed by atoms with van der Waals surface area (Å²) in [5, 5.41) is 10.1. The van der Waals surface area contributed by atoms with Gasteiger partial charge in [0.15, 0.2) is 5.60 Å². The average molecular weight is 289 g/mol. The highest BCUT2D eigenvalue weighted by molar-refractivity contribution is 5.50. The topological polar surface area (TPSA) is 55.5 Å². The molecule has 0 fully saturated rings. The lowest BCUT2D eigenvalue weighted by Crippen LogP contribution is -2.59. The van der Waals surface area contributed by atoms with E-state index in [0.29, 0.717) is 11.3 Å². The van der Waals surface area contributed by atoms with Crippen LogP contribution in [0.25, 0.3) is 0 Å². The van der Waals surface area contributed by atoms with Gasteiger partial charge in [0.05, 0.1) is 13.2 Å². The largest absolute Gasteiger partial charge is 0.496 e. The lowest BCUT2D eigenvalue weighted by atomic mass is 9.63. The van der Waals surface area contributed by atoms with E-state index in [-0.39, 0.29) is 5.56 Å². The Morgan fingerprint density at radius 3 is 2.45 bits per heavy atom. The van der Waals surface area contributed by atoms with Gasteiger partial charge in [-0.05, 0) is 23.5 Å². The summed E-state index contributed by atoms with van der Waals surface area (Å²) >= 11 is 0. The number of alkyl halides is 3. The quantitative estimate of drug-likeness (QED) is 0.835. The van der Waals surface area contributed by atoms with E-state index in [1.54, 1.807) is 26.0 Å². The Morgan fingerprint density at radius 2 is 1.95 bits per heavy atom. The Hall–Kier alpha value is -1.27. The maximum atomic E-state index is 13.2. The highest BCUT2D eigenvalue weighted by Gasteiger charge is 2.63. The Kier molecular flexibility index (Phi) is 3.30. The minimum Gasteiger partial charge on any atom is -0.496 e. The molecule has 3 nitrogen and oxygen atoms in total. The first-order valence-electron chi connectivity index (χ1n) is 6.26. The molecule has 2 atom stereocenters. The summed E-state index contributed by atoms with van der Waals surface area (Å²) in [6.45, 7) is 3.30. The molecular weight excluding hydrogens is 271 g/mol. The van der Waals surface area contributed by atoms with Gasteiger partial charge >= 0.3 is 6.18 Å². The molecule has 1 aromatic rings. The fraction of sp³-hybridized carbons (Fsp3) is 0.571. The van der Waals surface area contributed by atoms with E-state index >= 15 is 0 Å². The van der Waals surface area contributed by atoms with Gasteiger partial charge in [0.1, 0.15) is 5.75 Å². The summed E-state index contributed by atoms with van der Waals surface area (Å²) in [5.74, 6) is 0.493. The van der Waals surface area contributed by atoms with Gasteiger partial charge in [-0.2, -0.15) is 13.2 Å². The van der Waals surface area contributed by atoms with Crippen molar-refractivity contribution in [2.24, 2.45) is 5.73 Å². The first-order chi connectivity index (χ1) is 9.04. The van der Waals surface area contributed by atoms with Crippen molar-refractivity contribution < 1.29 is 23.0 Å². The van der Waals surface area contributed by atoms with Gasteiger partial charge in [0.2, 0.25) is 0 Å². The van der Waals surface area contributed by atoms with E-state index in [4.69, 9.17) is 10.5 Å². The Morgan fingerprint density at radius 1 is 1.35 bits per heavy atom. The summed E-state index contributed by atoms with van der Waals surface area (Å²) in [5.41, 5.74) is 2.80. The van der Waals surface area contributed by atoms with Crippen LogP contribution in [0.5, 0.6) is 5.75 Å². The van der Waals surface area contributed by atoms with Crippen molar-refractivity contribution >= 4 is 0 Å². The number of benzene rings is 1. The zero-order valence-corrected chi connectivity index (χ0v) is 11.6. The first kappa shape index (κ1) is 15.1. The molecule has 2 rings (SSSR count). The van der Waals surface area contributed by atoms with Crippen molar-refractivity contribution in [1.29, 1.82) is 0 Å². The molecule has 0 saturated carbocycles. The molecule has 1 aromatic carbocycles. The van der Waals surface area contributed by atoms with E-state index < -0.39 is 29.7 Å². The molecule has 0 heterocycles. The van der Waals surface area contributed by atoms with Gasteiger partial charge in [-0.3, -0.25) is 0 Å². The molecule has 0 aliphatic heterocycles. The molecule has 0 aromatic heterocycles. The Bertz CT molecular complexity index is 528. The van der Waals surface area contributed by atoms with Crippen LogP contribution in [-0.4, -0.2) is 24.0 Å². The van der Waals surface area contributed by atoms with Gasteiger partial charge in [-0.25, -0.2) is 0 Å². The third-order valence-corrected chi connectivity index (χ3v) is 4.01. The number of methoxy groups -OCH3 is 1. The molecule has 6 heteroatoms. The van der Waals surface area contributed by atoms with Gasteiger partial charge in [-0.1, -0.05) is 26.0 Å². The lowest BCUT2D eigenvalue weighted by Gasteiger charge is -2.47. The number of fused-ring (bicyclic) bond motifs is 1. The van der Waals surface area contributed by atoms with Crippen molar-refractivity contribution in [3.05, 3.63) is 29.3 Å². The van der Waals surface area contributed by atoms with Crippen molar-refractivity contribution in [2.75, 3.05) is 7.11 Å². The van der Waals surface area contributed by atoms with Crippen LogP contribution in [0, 0.1) is 0 Å². The number of hydrogen-bond acceptors (Lipinski definition) is 3. The fourth-order valence-corrected chi connectivity index (χ4v) is 3.11. The lowest BCUT2D eigenvalue weighted by molar-refractivity contribution is -0.278. The third-order valence-electron chi connectivity index (χ3n) is 4.01. The average Bonchev–Trinajstić information content (AvgIpc) is 2.33. The van der Waals surface area contributed by atoms with E-state index in [2.05, 4.69) is 0 Å². The number of rotatable bonds is 1. The second-order valence-corrected chi connectivity index (χ2v) is 5.88. The summed E-state index contributed by atoms with van der Waals surface area (Å²) < 4.78 is 44.9. The van der Waals surface area contributed by atoms with Crippen LogP contribution in [0.3, 0.4) is 0 Å². The number of aliphatic hydroxyl groups is 1. The van der Waals surface area contributed by atoms with Gasteiger partial charge in [0, 0.05) is 5.56 Å². The molecule has 1 aliphatic carbocycles. The van der Waals surface area contributed by atoms with Crippen LogP contribution in [-0.2, 0) is 5.41 Å². The monoisotopic (exact) mass is 289 g/mol. The highest BCUT2D eigenvalue weighted by Crippen LogP contribution is 2.54. The molecule has 0 amide bonds. The van der Waals surface area contributed by atoms with Crippen LogP contribution in [0.2, 0.25) is 0 Å². The van der Waals surface area contributed by atoms with Crippen molar-refractivity contribution in [1.82, 2.24) is 0 Å². The van der Waals surface area contributed by atoms with E-state index in [9.17, 15) is 18.3 Å². The highest BCUT2D eigenvalue weighted by atomic mass is 19.4. The maximum absolute atomic E-state index is 13.2. The summed E-state index contributed by atoms with van der Waals surface area (Å²) in [6, 6.07) is 3.25. The molecule has 0 saturated heterocycles. The van der Waals surface area contributed by atoms with Crippen LogP contribution in [0.15, 0.2) is 18.2 Å². The van der Waals surface area contributed by atoms with E-state index in [1.165, 1.54) is 13.2 Å². The minimum absolute atomic E-state index is 0.278. The number of nitrogens with two attached hydrogens (primary N) is 1. The van der Waals surface area contributed by atoms with E-state index in [0.717, 1.165) is 0 Å². The molecule has 20 heavy (non-hydrogen) atoms. The third kappa shape index (κ3) is 1.98. The van der Waals surface area contributed by atoms with Crippen LogP contribution in [0.1, 0.15) is 37.4 Å². The number of ether oxygens (including phenoxy) is 1. The predicted octanol–water partition coefficient (Wildman–Crippen LogP) is 2.67. The predicted molar refractivity (Wildman–Crippen MR) is 68.6 cm³/mol. The zero-order valence-electron chi connectivity index (χ0n) is 11.6. The normalized spacial score (nSPS) is 28.9. The number of hydrogen-bond donors (Lipinski definition) is 2. The summed E-state index contributed by atoms with van der Waals surface area (Å²) in [6.07, 6.45) is -5.29. The minimum atomic E-state index is -4.79. The molecule has 112 valence electrons. The first-order valence-corrected chi connectivity index (χ1v) is 6.26. The molecule has 0 unspecified atom stereocenters. The Labute approximate surface area is 115 Å². The molecule has 0 bridgehead atoms. The van der Waals surface area contributed by atoms with Crippen molar-refractivity contribution in [2.45, 2.75) is 43.5 Å². The molecule has 0 spiro atoms. The maximum Gasteiger partial charge on any atom is 0.419 e. The SMILES string of the molecule is COc1cccc2c1C(C)(C)C[C@](O)(C(F)(F)F)[C@@H]2N. The zero-order chi connectivity index (χ0) is 15.3. The molecular formula is C14H18F3NO2. The van der Waals surface area contributed by atoms with Crippen LogP contribution >= 0.6 is 0 Å². The fourth-order valence-electron chi connectivity index (χ4n) is 3.11. The smallest absolute Gasteiger partial charge is 0.419 e. The van der Waals surface area contributed by atoms with Gasteiger partial charge < -0.3 is 15.6 Å². The van der Waals surface area contributed by atoms with Gasteiger partial charge in [0.25, 0.3) is 0 Å². The second-order valence-electron chi connectivity index (χ2n) is 5.88. The molecule has 0 radical (unpaired) electrons. The number of halogens is 3. The van der Waals surface area contributed by atoms with Gasteiger partial charge in [-0.15, -0.1) is 0 Å². The summed E-state index contributed by atoms with van der Waals surface area (Å²) in [4.78, 5) is 0. The second kappa shape index (κ2) is 4.36. The molecule has 1 aliphatic rings. The standard InChI is InChI=1S/C14H18F3NO2/c1-12(2)7-13(19,14(15,16)17)11(18)8-5-4-6-9(20-3)10(8)12/h4-6,11,19H,7,18H2,1-3H3/t11-,13-/m1/s1. The van der Waals surface area contributed by atoms with Crippen LogP contribution < -0.4 is 10.5 Å². The van der Waals surface area contributed by atoms with Crippen molar-refractivity contribution in [3.8, 4) is 5.75 Å². The Balaban J connectivity index is 2.69. The van der Waals surface area contributed by atoms with Crippen molar-refractivity contribution in [3.63, 3.8) is 0 Å². The van der Waals surface area contributed by atoms with Crippen LogP contribution in [0.4, 0.5) is 13.2 Å². The van der Waals surface area contributed by atoms with E-state index in [1.807, 2.05) is 0 Å². The summed E-state index contributed by atoms with van der Waals surface area (Å²) in [7, 11) is 1.46.